The van der Waals surface area contributed by atoms with Gasteiger partial charge in [-0.1, -0.05) is 6.07 Å². The fraction of sp³-hybridized carbons (Fsp3) is 0.412. The standard InChI is InChI=1S/C17H21N7O4S/c1-2-28-14-5-3-4-12(22-14)17(8-11(25)6-7-24(17)29(18,26)27)13-9-19-15-16(23-13)21-10-20-15/h3-5,9-11,25H,2,6-8H2,1H3,(H2,18,26,27)(H,19,20,21,23). The Morgan fingerprint density at radius 2 is 2.17 bits per heavy atom. The molecule has 1 saturated heterocycles. The predicted molar refractivity (Wildman–Crippen MR) is 103 cm³/mol. The summed E-state index contributed by atoms with van der Waals surface area (Å²) in [5, 5.41) is 16.1. The number of aromatic amines is 1. The summed E-state index contributed by atoms with van der Waals surface area (Å²) in [6, 6.07) is 5.04. The second-order valence-electron chi connectivity index (χ2n) is 6.75. The first-order valence-corrected chi connectivity index (χ1v) is 10.6. The van der Waals surface area contributed by atoms with E-state index in [2.05, 4.69) is 24.9 Å². The maximum atomic E-state index is 12.6. The van der Waals surface area contributed by atoms with Crippen LogP contribution >= 0.6 is 0 Å². The largest absolute Gasteiger partial charge is 0.478 e. The molecule has 2 unspecified atom stereocenters. The lowest BCUT2D eigenvalue weighted by atomic mass is 9.81. The molecule has 0 spiro atoms. The van der Waals surface area contributed by atoms with Crippen LogP contribution in [0.25, 0.3) is 11.3 Å². The van der Waals surface area contributed by atoms with Gasteiger partial charge >= 0.3 is 0 Å². The zero-order valence-electron chi connectivity index (χ0n) is 15.7. The lowest BCUT2D eigenvalue weighted by Gasteiger charge is -2.45. The summed E-state index contributed by atoms with van der Waals surface area (Å²) >= 11 is 0. The molecule has 4 rings (SSSR count). The van der Waals surface area contributed by atoms with Gasteiger partial charge in [0.05, 0.1) is 36.6 Å². The van der Waals surface area contributed by atoms with Crippen molar-refractivity contribution in [3.8, 4) is 5.88 Å². The Bertz CT molecular complexity index is 1140. The summed E-state index contributed by atoms with van der Waals surface area (Å²) in [6.07, 6.45) is 2.35. The van der Waals surface area contributed by atoms with E-state index in [9.17, 15) is 13.5 Å². The van der Waals surface area contributed by atoms with Crippen molar-refractivity contribution in [2.45, 2.75) is 31.4 Å². The lowest BCUT2D eigenvalue weighted by Crippen LogP contribution is -2.58. The highest BCUT2D eigenvalue weighted by molar-refractivity contribution is 7.86. The number of nitrogens with zero attached hydrogens (tertiary/aromatic N) is 5. The van der Waals surface area contributed by atoms with Gasteiger partial charge in [0, 0.05) is 19.0 Å². The quantitative estimate of drug-likeness (QED) is 0.523. The monoisotopic (exact) mass is 419 g/mol. The van der Waals surface area contributed by atoms with Crippen LogP contribution in [0.5, 0.6) is 5.88 Å². The molecule has 12 heteroatoms. The number of piperidine rings is 1. The van der Waals surface area contributed by atoms with Gasteiger partial charge in [-0.05, 0) is 19.4 Å². The van der Waals surface area contributed by atoms with E-state index in [1.54, 1.807) is 18.2 Å². The molecule has 2 atom stereocenters. The Morgan fingerprint density at radius 3 is 2.93 bits per heavy atom. The first-order valence-electron chi connectivity index (χ1n) is 9.10. The third kappa shape index (κ3) is 3.44. The van der Waals surface area contributed by atoms with E-state index in [1.807, 2.05) is 6.92 Å². The molecule has 3 aromatic rings. The van der Waals surface area contributed by atoms with Gasteiger partial charge < -0.3 is 14.8 Å². The Labute approximate surface area is 167 Å². The number of rotatable bonds is 5. The second-order valence-corrected chi connectivity index (χ2v) is 8.22. The molecule has 3 aromatic heterocycles. The van der Waals surface area contributed by atoms with Gasteiger partial charge in [-0.2, -0.15) is 12.7 Å². The molecule has 0 saturated carbocycles. The fourth-order valence-corrected chi connectivity index (χ4v) is 4.80. The minimum absolute atomic E-state index is 0.00321. The number of aliphatic hydroxyl groups is 1. The number of nitrogens with one attached hydrogen (secondary N) is 1. The third-order valence-corrected chi connectivity index (χ3v) is 6.04. The van der Waals surface area contributed by atoms with Gasteiger partial charge in [-0.3, -0.25) is 0 Å². The van der Waals surface area contributed by atoms with Gasteiger partial charge in [-0.25, -0.2) is 25.1 Å². The van der Waals surface area contributed by atoms with Crippen LogP contribution in [0.15, 0.2) is 30.7 Å². The number of pyridine rings is 1. The number of hydrogen-bond acceptors (Lipinski definition) is 8. The Balaban J connectivity index is 2.00. The van der Waals surface area contributed by atoms with Crippen molar-refractivity contribution in [1.29, 1.82) is 0 Å². The van der Waals surface area contributed by atoms with Crippen molar-refractivity contribution in [3.05, 3.63) is 42.1 Å². The highest BCUT2D eigenvalue weighted by Gasteiger charge is 2.52. The Kier molecular flexibility index (Phi) is 4.94. The first kappa shape index (κ1) is 19.6. The van der Waals surface area contributed by atoms with Gasteiger partial charge in [0.2, 0.25) is 5.88 Å². The number of H-pyrrole nitrogens is 1. The smallest absolute Gasteiger partial charge is 0.278 e. The van der Waals surface area contributed by atoms with Gasteiger partial charge in [0.1, 0.15) is 5.54 Å². The number of nitrogens with two attached hydrogens (primary N) is 1. The molecule has 4 N–H and O–H groups in total. The molecule has 0 radical (unpaired) electrons. The van der Waals surface area contributed by atoms with Gasteiger partial charge in [0.15, 0.2) is 11.3 Å². The summed E-state index contributed by atoms with van der Waals surface area (Å²) in [5.41, 5.74) is -0.0618. The lowest BCUT2D eigenvalue weighted by molar-refractivity contribution is 0.0396. The van der Waals surface area contributed by atoms with Crippen LogP contribution in [-0.4, -0.2) is 62.0 Å². The molecular formula is C17H21N7O4S. The molecule has 154 valence electrons. The van der Waals surface area contributed by atoms with Crippen LogP contribution in [0.1, 0.15) is 31.2 Å². The van der Waals surface area contributed by atoms with Crippen molar-refractivity contribution in [2.24, 2.45) is 5.14 Å². The second kappa shape index (κ2) is 7.30. The van der Waals surface area contributed by atoms with E-state index < -0.39 is 21.9 Å². The van der Waals surface area contributed by atoms with Crippen LogP contribution in [0, 0.1) is 0 Å². The van der Waals surface area contributed by atoms with Crippen LogP contribution in [0.4, 0.5) is 0 Å². The van der Waals surface area contributed by atoms with Crippen LogP contribution in [0.3, 0.4) is 0 Å². The van der Waals surface area contributed by atoms with Gasteiger partial charge in [-0.15, -0.1) is 0 Å². The Morgan fingerprint density at radius 1 is 1.34 bits per heavy atom. The minimum atomic E-state index is -4.17. The normalized spacial score (nSPS) is 23.3. The van der Waals surface area contributed by atoms with Crippen molar-refractivity contribution in [1.82, 2.24) is 29.2 Å². The summed E-state index contributed by atoms with van der Waals surface area (Å²) in [5.74, 6) is 0.328. The van der Waals surface area contributed by atoms with E-state index in [0.717, 1.165) is 4.31 Å². The summed E-state index contributed by atoms with van der Waals surface area (Å²) in [7, 11) is -4.17. The molecule has 4 heterocycles. The molecule has 29 heavy (non-hydrogen) atoms. The van der Waals surface area contributed by atoms with Crippen LogP contribution < -0.4 is 9.88 Å². The fourth-order valence-electron chi connectivity index (χ4n) is 3.74. The van der Waals surface area contributed by atoms with E-state index in [0.29, 0.717) is 29.5 Å². The number of hydrogen-bond donors (Lipinski definition) is 3. The maximum Gasteiger partial charge on any atom is 0.278 e. The third-order valence-electron chi connectivity index (χ3n) is 4.93. The number of fused-ring (bicyclic) bond motifs is 1. The average molecular weight is 419 g/mol. The maximum absolute atomic E-state index is 12.6. The molecule has 0 amide bonds. The van der Waals surface area contributed by atoms with Crippen molar-refractivity contribution in [2.75, 3.05) is 13.2 Å². The van der Waals surface area contributed by atoms with Crippen molar-refractivity contribution < 1.29 is 18.3 Å². The zero-order valence-corrected chi connectivity index (χ0v) is 16.5. The molecule has 0 aliphatic carbocycles. The van der Waals surface area contributed by atoms with E-state index >= 15 is 0 Å². The molecule has 11 nitrogen and oxygen atoms in total. The first-order chi connectivity index (χ1) is 13.8. The SMILES string of the molecule is CCOc1cccc(C2(c3cnc4nc[nH]c4n3)CC(O)CCN2S(N)(=O)=O)n1. The summed E-state index contributed by atoms with van der Waals surface area (Å²) < 4.78 is 31.8. The highest BCUT2D eigenvalue weighted by Crippen LogP contribution is 2.43. The Hall–Kier alpha value is -2.67. The summed E-state index contributed by atoms with van der Waals surface area (Å²) in [4.78, 5) is 20.3. The van der Waals surface area contributed by atoms with E-state index in [1.165, 1.54) is 12.5 Å². The van der Waals surface area contributed by atoms with Gasteiger partial charge in [0.25, 0.3) is 10.2 Å². The number of aromatic nitrogens is 5. The zero-order chi connectivity index (χ0) is 20.6. The minimum Gasteiger partial charge on any atom is -0.478 e. The highest BCUT2D eigenvalue weighted by atomic mass is 32.2. The molecule has 0 bridgehead atoms. The van der Waals surface area contributed by atoms with Crippen molar-refractivity contribution >= 4 is 21.5 Å². The van der Waals surface area contributed by atoms with Crippen LogP contribution in [-0.2, 0) is 15.7 Å². The topological polar surface area (TPSA) is 160 Å². The summed E-state index contributed by atoms with van der Waals surface area (Å²) in [6.45, 7) is 2.22. The number of ether oxygens (including phenoxy) is 1. The molecule has 1 aliphatic rings. The molecule has 1 aliphatic heterocycles. The number of aliphatic hydroxyl groups excluding tert-OH is 1. The number of imidazole rings is 1. The van der Waals surface area contributed by atoms with E-state index in [4.69, 9.17) is 9.88 Å². The predicted octanol–water partition coefficient (Wildman–Crippen LogP) is 0.0504. The van der Waals surface area contributed by atoms with Crippen molar-refractivity contribution in [3.63, 3.8) is 0 Å². The molecule has 0 aromatic carbocycles. The van der Waals surface area contributed by atoms with E-state index in [-0.39, 0.29) is 25.1 Å². The molecular weight excluding hydrogens is 398 g/mol. The molecule has 1 fully saturated rings. The average Bonchev–Trinajstić information content (AvgIpc) is 3.15. The van der Waals surface area contributed by atoms with Crippen LogP contribution in [0.2, 0.25) is 0 Å².